The lowest BCUT2D eigenvalue weighted by molar-refractivity contribution is -0.129. The molecule has 0 bridgehead atoms. The maximum Gasteiger partial charge on any atom is 0.254 e. The number of allylic oxidation sites excluding steroid dienone is 2. The smallest absolute Gasteiger partial charge is 0.254 e. The van der Waals surface area contributed by atoms with Gasteiger partial charge >= 0.3 is 0 Å². The number of rotatable bonds is 12. The molecule has 1 aromatic heterocycles. The number of hydrogen-bond donors (Lipinski definition) is 3. The summed E-state index contributed by atoms with van der Waals surface area (Å²) in [5, 5.41) is 11.3. The number of hydroxylamine groups is 1. The molecule has 1 aromatic carbocycles. The van der Waals surface area contributed by atoms with Crippen molar-refractivity contribution in [1.82, 2.24) is 20.8 Å². The molecule has 0 atom stereocenters. The van der Waals surface area contributed by atoms with Gasteiger partial charge in [-0.05, 0) is 38.0 Å². The first kappa shape index (κ1) is 23.8. The Bertz CT molecular complexity index is 882. The van der Waals surface area contributed by atoms with Crippen molar-refractivity contribution in [3.05, 3.63) is 72.7 Å². The summed E-state index contributed by atoms with van der Waals surface area (Å²) in [4.78, 5) is 33.9. The lowest BCUT2D eigenvalue weighted by atomic mass is 10.1. The van der Waals surface area contributed by atoms with Crippen LogP contribution in [0.15, 0.2) is 67.2 Å². The lowest BCUT2D eigenvalue weighted by Crippen LogP contribution is -2.25. The number of hydrogen-bond acceptors (Lipinski definition) is 6. The van der Waals surface area contributed by atoms with Crippen molar-refractivity contribution in [3.63, 3.8) is 0 Å². The predicted octanol–water partition coefficient (Wildman–Crippen LogP) is 3.89. The molecule has 3 N–H and O–H groups in total. The fourth-order valence-corrected chi connectivity index (χ4v) is 2.97. The van der Waals surface area contributed by atoms with Crippen molar-refractivity contribution in [2.75, 3.05) is 11.4 Å². The van der Waals surface area contributed by atoms with Crippen LogP contribution in [-0.2, 0) is 4.79 Å². The Kier molecular flexibility index (Phi) is 9.90. The number of carbonyl (C=O) groups is 2. The molecule has 0 aliphatic heterocycles. The number of nitrogens with one attached hydrogen (secondary N) is 2. The summed E-state index contributed by atoms with van der Waals surface area (Å²) >= 11 is 0. The highest BCUT2D eigenvalue weighted by Gasteiger charge is 2.16. The normalized spacial score (nSPS) is 11.0. The van der Waals surface area contributed by atoms with Crippen molar-refractivity contribution in [2.45, 2.75) is 39.0 Å². The summed E-state index contributed by atoms with van der Waals surface area (Å²) in [5.41, 5.74) is 3.73. The van der Waals surface area contributed by atoms with Gasteiger partial charge in [0.05, 0.1) is 5.56 Å². The van der Waals surface area contributed by atoms with Crippen LogP contribution < -0.4 is 15.7 Å². The number of amides is 2. The largest absolute Gasteiger partial charge is 0.352 e. The minimum absolute atomic E-state index is 0.229. The van der Waals surface area contributed by atoms with E-state index >= 15 is 0 Å². The average molecular weight is 424 g/mol. The Morgan fingerprint density at radius 3 is 2.39 bits per heavy atom. The highest BCUT2D eigenvalue weighted by molar-refractivity contribution is 5.93. The van der Waals surface area contributed by atoms with E-state index in [4.69, 9.17) is 5.21 Å². The maximum atomic E-state index is 12.3. The van der Waals surface area contributed by atoms with E-state index in [0.717, 1.165) is 30.6 Å². The quantitative estimate of drug-likeness (QED) is 0.207. The van der Waals surface area contributed by atoms with E-state index in [0.29, 0.717) is 30.9 Å². The molecule has 2 amide bonds. The Morgan fingerprint density at radius 1 is 1.10 bits per heavy atom. The van der Waals surface area contributed by atoms with Gasteiger partial charge in [-0.25, -0.2) is 15.4 Å². The number of benzene rings is 1. The molecule has 2 rings (SSSR count). The monoisotopic (exact) mass is 423 g/mol. The molecular formula is C23H29N5O3. The summed E-state index contributed by atoms with van der Waals surface area (Å²) in [5.74, 6) is -0.160. The number of carbonyl (C=O) groups excluding carboxylic acids is 2. The van der Waals surface area contributed by atoms with Crippen LogP contribution >= 0.6 is 0 Å². The third-order valence-corrected chi connectivity index (χ3v) is 4.62. The number of anilines is 2. The van der Waals surface area contributed by atoms with Crippen molar-refractivity contribution < 1.29 is 14.8 Å². The molecule has 8 nitrogen and oxygen atoms in total. The van der Waals surface area contributed by atoms with Gasteiger partial charge in [-0.1, -0.05) is 43.7 Å². The van der Waals surface area contributed by atoms with Crippen LogP contribution in [-0.4, -0.2) is 33.5 Å². The molecule has 0 spiro atoms. The van der Waals surface area contributed by atoms with Crippen LogP contribution in [0.3, 0.4) is 0 Å². The number of para-hydroxylation sites is 1. The maximum absolute atomic E-state index is 12.3. The van der Waals surface area contributed by atoms with E-state index in [2.05, 4.69) is 21.9 Å². The fourth-order valence-electron chi connectivity index (χ4n) is 2.97. The first-order chi connectivity index (χ1) is 15.1. The Labute approximate surface area is 182 Å². The summed E-state index contributed by atoms with van der Waals surface area (Å²) in [6.45, 7) is 6.31. The zero-order chi connectivity index (χ0) is 22.5. The highest BCUT2D eigenvalue weighted by Crippen LogP contribution is 2.26. The lowest BCUT2D eigenvalue weighted by Gasteiger charge is -2.23. The number of aromatic nitrogens is 2. The van der Waals surface area contributed by atoms with Crippen molar-refractivity contribution in [3.8, 4) is 0 Å². The second-order valence-corrected chi connectivity index (χ2v) is 6.82. The van der Waals surface area contributed by atoms with Gasteiger partial charge in [0.25, 0.3) is 5.91 Å². The van der Waals surface area contributed by atoms with Gasteiger partial charge in [0, 0.05) is 36.7 Å². The second-order valence-electron chi connectivity index (χ2n) is 6.82. The first-order valence-corrected chi connectivity index (χ1v) is 10.3. The second kappa shape index (κ2) is 12.9. The summed E-state index contributed by atoms with van der Waals surface area (Å²) in [6.07, 6.45) is 10.2. The van der Waals surface area contributed by atoms with Crippen LogP contribution in [0.1, 0.15) is 49.4 Å². The Hall–Kier alpha value is -3.52. The molecule has 31 heavy (non-hydrogen) atoms. The first-order valence-electron chi connectivity index (χ1n) is 10.3. The molecule has 1 heterocycles. The van der Waals surface area contributed by atoms with Crippen LogP contribution in [0.25, 0.3) is 0 Å². The van der Waals surface area contributed by atoms with E-state index < -0.39 is 0 Å². The predicted molar refractivity (Wildman–Crippen MR) is 120 cm³/mol. The average Bonchev–Trinajstić information content (AvgIpc) is 2.82. The Balaban J connectivity index is 1.91. The van der Waals surface area contributed by atoms with Gasteiger partial charge in [0.2, 0.25) is 11.9 Å². The van der Waals surface area contributed by atoms with Crippen molar-refractivity contribution >= 4 is 23.5 Å². The minimum Gasteiger partial charge on any atom is -0.352 e. The van der Waals surface area contributed by atoms with Crippen LogP contribution in [0.4, 0.5) is 11.6 Å². The van der Waals surface area contributed by atoms with Crippen molar-refractivity contribution in [2.24, 2.45) is 0 Å². The van der Waals surface area contributed by atoms with E-state index in [1.807, 2.05) is 48.2 Å². The molecule has 0 unspecified atom stereocenters. The van der Waals surface area contributed by atoms with Gasteiger partial charge < -0.3 is 5.32 Å². The van der Waals surface area contributed by atoms with E-state index in [-0.39, 0.29) is 11.8 Å². The number of unbranched alkanes of at least 4 members (excludes halogenated alkanes) is 3. The summed E-state index contributed by atoms with van der Waals surface area (Å²) in [6, 6.07) is 9.70. The summed E-state index contributed by atoms with van der Waals surface area (Å²) < 4.78 is 0. The molecule has 0 radical (unpaired) electrons. The number of nitrogens with zero attached hydrogens (tertiary/aromatic N) is 3. The summed E-state index contributed by atoms with van der Waals surface area (Å²) in [7, 11) is 0. The molecule has 8 heteroatoms. The Morgan fingerprint density at radius 2 is 1.77 bits per heavy atom. The standard InChI is InChI=1S/C23H29N5O3/c1-3-19(4-2)28(20-12-8-7-9-13-20)23-25-16-18(17-26-23)22(30)24-15-11-6-5-10-14-21(29)27-31/h3-4,7-9,12-13,16-17,31H,1,5-6,10-11,14-15H2,2H3,(H,24,30)(H,27,29)/b19-4+. The third-order valence-electron chi connectivity index (χ3n) is 4.62. The van der Waals surface area contributed by atoms with Crippen LogP contribution in [0.2, 0.25) is 0 Å². The fraction of sp³-hybridized carbons (Fsp3) is 0.304. The molecule has 0 saturated carbocycles. The van der Waals surface area contributed by atoms with Gasteiger partial charge in [-0.15, -0.1) is 0 Å². The van der Waals surface area contributed by atoms with E-state index in [1.54, 1.807) is 11.6 Å². The zero-order valence-corrected chi connectivity index (χ0v) is 17.8. The minimum atomic E-state index is -0.378. The van der Waals surface area contributed by atoms with Gasteiger partial charge in [-0.2, -0.15) is 0 Å². The molecular weight excluding hydrogens is 394 g/mol. The molecule has 2 aromatic rings. The van der Waals surface area contributed by atoms with Crippen LogP contribution in [0, 0.1) is 0 Å². The molecule has 0 saturated heterocycles. The van der Waals surface area contributed by atoms with Crippen LogP contribution in [0.5, 0.6) is 0 Å². The van der Waals surface area contributed by atoms with Gasteiger partial charge in [0.1, 0.15) is 0 Å². The third kappa shape index (κ3) is 7.35. The SMILES string of the molecule is C=C/C(=C\C)N(c1ccccc1)c1ncc(C(=O)NCCCCCCC(=O)NO)cn1. The van der Waals surface area contributed by atoms with E-state index in [9.17, 15) is 9.59 Å². The molecule has 0 aliphatic rings. The van der Waals surface area contributed by atoms with Gasteiger partial charge in [0.15, 0.2) is 0 Å². The molecule has 0 aliphatic carbocycles. The highest BCUT2D eigenvalue weighted by atomic mass is 16.5. The molecule has 164 valence electrons. The topological polar surface area (TPSA) is 107 Å². The van der Waals surface area contributed by atoms with Gasteiger partial charge in [-0.3, -0.25) is 19.7 Å². The van der Waals surface area contributed by atoms with E-state index in [1.165, 1.54) is 12.4 Å². The zero-order valence-electron chi connectivity index (χ0n) is 17.8. The van der Waals surface area contributed by atoms with Crippen molar-refractivity contribution in [1.29, 1.82) is 0 Å². The molecule has 0 fully saturated rings.